The summed E-state index contributed by atoms with van der Waals surface area (Å²) in [6.07, 6.45) is 2.22. The van der Waals surface area contributed by atoms with E-state index < -0.39 is 101 Å². The summed E-state index contributed by atoms with van der Waals surface area (Å²) in [6.45, 7) is 10.3. The standard InChI is InChI=1S/C42H58F2N6O8/c1-7-12-30(36(52)40(56)46-21-32(51)48-34(37(45)53)26-18-23(2)17-24(3)19-26)47-38(54)31-20-27(58-42(4,5)6)22-50(31)41(57)35(25-13-9-8-10-14-25)49-39(55)33-28(43)15-11-16-29(33)44/h11,15-19,25,27,30-31,34-35,41,57H,7-10,12-14,20-22H2,1-6H3,(H2,45,53)(H,46,56)(H,47,54)(H,48,51)(H,49,55)/t27-,30?,31+,34?,35+,41?/m1/s1. The van der Waals surface area contributed by atoms with Gasteiger partial charge < -0.3 is 36.8 Å². The normalized spacial score (nSPS) is 19.7. The third-order valence-corrected chi connectivity index (χ3v) is 10.4. The molecule has 0 bridgehead atoms. The number of aliphatic hydroxyl groups is 1. The Morgan fingerprint density at radius 1 is 0.948 bits per heavy atom. The van der Waals surface area contributed by atoms with Crippen molar-refractivity contribution in [1.29, 1.82) is 0 Å². The van der Waals surface area contributed by atoms with Gasteiger partial charge in [0, 0.05) is 6.54 Å². The van der Waals surface area contributed by atoms with E-state index in [1.165, 1.54) is 4.90 Å². The first-order valence-corrected chi connectivity index (χ1v) is 19.9. The Labute approximate surface area is 338 Å². The number of primary amides is 1. The van der Waals surface area contributed by atoms with E-state index in [9.17, 15) is 42.7 Å². The molecule has 14 nitrogen and oxygen atoms in total. The summed E-state index contributed by atoms with van der Waals surface area (Å²) in [5.41, 5.74) is 6.28. The van der Waals surface area contributed by atoms with Crippen LogP contribution in [-0.4, -0.2) is 94.5 Å². The lowest BCUT2D eigenvalue weighted by Crippen LogP contribution is -2.60. The van der Waals surface area contributed by atoms with Crippen LogP contribution >= 0.6 is 0 Å². The number of likely N-dealkylation sites (tertiary alicyclic amines) is 1. The molecule has 0 radical (unpaired) electrons. The second-order valence-electron chi connectivity index (χ2n) is 16.4. The number of aliphatic hydroxyl groups excluding tert-OH is 1. The molecular weight excluding hydrogens is 754 g/mol. The molecule has 5 amide bonds. The first kappa shape index (κ1) is 45.9. The van der Waals surface area contributed by atoms with Gasteiger partial charge in [-0.15, -0.1) is 0 Å². The molecule has 1 aliphatic carbocycles. The molecule has 1 aliphatic heterocycles. The first-order valence-electron chi connectivity index (χ1n) is 19.9. The Balaban J connectivity index is 1.51. The van der Waals surface area contributed by atoms with Crippen molar-refractivity contribution in [3.05, 3.63) is 70.3 Å². The maximum absolute atomic E-state index is 14.7. The molecule has 7 N–H and O–H groups in total. The number of carbonyl (C=O) groups is 6. The number of carbonyl (C=O) groups excluding carboxylic acids is 6. The minimum atomic E-state index is -1.51. The number of nitrogens with two attached hydrogens (primary N) is 1. The van der Waals surface area contributed by atoms with E-state index in [0.29, 0.717) is 24.8 Å². The van der Waals surface area contributed by atoms with E-state index in [4.69, 9.17) is 10.5 Å². The number of nitrogens with one attached hydrogen (secondary N) is 4. The van der Waals surface area contributed by atoms with Crippen LogP contribution < -0.4 is 27.0 Å². The Morgan fingerprint density at radius 2 is 1.57 bits per heavy atom. The van der Waals surface area contributed by atoms with Gasteiger partial charge in [0.25, 0.3) is 11.8 Å². The van der Waals surface area contributed by atoms with Gasteiger partial charge in [-0.1, -0.05) is 68.0 Å². The summed E-state index contributed by atoms with van der Waals surface area (Å²) < 4.78 is 35.6. The van der Waals surface area contributed by atoms with E-state index in [0.717, 1.165) is 48.6 Å². The molecule has 2 fully saturated rings. The summed E-state index contributed by atoms with van der Waals surface area (Å²) >= 11 is 0. The van der Waals surface area contributed by atoms with Gasteiger partial charge in [-0.3, -0.25) is 33.7 Å². The van der Waals surface area contributed by atoms with Crippen molar-refractivity contribution in [2.75, 3.05) is 13.1 Å². The van der Waals surface area contributed by atoms with Gasteiger partial charge >= 0.3 is 0 Å². The predicted octanol–water partition coefficient (Wildman–Crippen LogP) is 3.15. The molecule has 6 atom stereocenters. The highest BCUT2D eigenvalue weighted by atomic mass is 19.1. The number of amides is 5. The molecule has 16 heteroatoms. The maximum atomic E-state index is 14.7. The molecule has 1 saturated carbocycles. The summed E-state index contributed by atoms with van der Waals surface area (Å²) in [6, 6.07) is 3.72. The van der Waals surface area contributed by atoms with Crippen molar-refractivity contribution in [2.45, 2.75) is 135 Å². The highest BCUT2D eigenvalue weighted by Gasteiger charge is 2.46. The minimum Gasteiger partial charge on any atom is -0.376 e. The number of aryl methyl sites for hydroxylation is 2. The summed E-state index contributed by atoms with van der Waals surface area (Å²) in [5, 5.41) is 22.2. The van der Waals surface area contributed by atoms with Crippen molar-refractivity contribution >= 4 is 35.3 Å². The van der Waals surface area contributed by atoms with Gasteiger partial charge in [0.05, 0.1) is 36.4 Å². The van der Waals surface area contributed by atoms with E-state index in [2.05, 4.69) is 21.3 Å². The van der Waals surface area contributed by atoms with E-state index >= 15 is 0 Å². The topological polar surface area (TPSA) is 209 Å². The fourth-order valence-corrected chi connectivity index (χ4v) is 7.97. The number of nitrogens with zero attached hydrogens (tertiary/aromatic N) is 1. The van der Waals surface area contributed by atoms with Crippen LogP contribution in [0, 0.1) is 31.4 Å². The number of ether oxygens (including phenoxy) is 1. The van der Waals surface area contributed by atoms with Crippen LogP contribution in [0.25, 0.3) is 0 Å². The number of benzene rings is 2. The Bertz CT molecular complexity index is 1790. The molecule has 318 valence electrons. The van der Waals surface area contributed by atoms with Crippen LogP contribution in [0.4, 0.5) is 8.78 Å². The maximum Gasteiger partial charge on any atom is 0.290 e. The number of ketones is 1. The lowest BCUT2D eigenvalue weighted by Gasteiger charge is -2.39. The molecule has 58 heavy (non-hydrogen) atoms. The van der Waals surface area contributed by atoms with Crippen molar-refractivity contribution < 1.29 is 47.4 Å². The van der Waals surface area contributed by atoms with Gasteiger partial charge in [0.2, 0.25) is 23.5 Å². The second-order valence-corrected chi connectivity index (χ2v) is 16.4. The third-order valence-electron chi connectivity index (χ3n) is 10.4. The Kier molecular flexibility index (Phi) is 16.0. The summed E-state index contributed by atoms with van der Waals surface area (Å²) in [5.74, 6) is -7.91. The molecule has 3 unspecified atom stereocenters. The summed E-state index contributed by atoms with van der Waals surface area (Å²) in [7, 11) is 0. The molecule has 2 aromatic rings. The highest BCUT2D eigenvalue weighted by molar-refractivity contribution is 6.38. The highest BCUT2D eigenvalue weighted by Crippen LogP contribution is 2.33. The smallest absolute Gasteiger partial charge is 0.290 e. The molecule has 4 rings (SSSR count). The van der Waals surface area contributed by atoms with Crippen molar-refractivity contribution in [3.8, 4) is 0 Å². The zero-order valence-electron chi connectivity index (χ0n) is 34.2. The monoisotopic (exact) mass is 812 g/mol. The van der Waals surface area contributed by atoms with Crippen LogP contribution in [0.15, 0.2) is 36.4 Å². The van der Waals surface area contributed by atoms with E-state index in [-0.39, 0.29) is 25.3 Å². The minimum absolute atomic E-state index is 0.0417. The number of Topliss-reactive ketones (excluding diaryl/α,β-unsaturated/α-hetero) is 1. The lowest BCUT2D eigenvalue weighted by molar-refractivity contribution is -0.142. The van der Waals surface area contributed by atoms with Gasteiger partial charge in [0.15, 0.2) is 0 Å². The fraction of sp³-hybridized carbons (Fsp3) is 0.571. The largest absolute Gasteiger partial charge is 0.376 e. The Morgan fingerprint density at radius 3 is 2.14 bits per heavy atom. The van der Waals surface area contributed by atoms with Crippen LogP contribution in [-0.2, 0) is 28.7 Å². The average Bonchev–Trinajstić information content (AvgIpc) is 3.56. The zero-order chi connectivity index (χ0) is 42.9. The molecule has 0 aromatic heterocycles. The van der Waals surface area contributed by atoms with Crippen LogP contribution in [0.3, 0.4) is 0 Å². The van der Waals surface area contributed by atoms with Gasteiger partial charge in [-0.2, -0.15) is 0 Å². The fourth-order valence-electron chi connectivity index (χ4n) is 7.97. The van der Waals surface area contributed by atoms with Crippen molar-refractivity contribution in [1.82, 2.24) is 26.2 Å². The van der Waals surface area contributed by atoms with Gasteiger partial charge in [-0.25, -0.2) is 8.78 Å². The number of hydrogen-bond donors (Lipinski definition) is 6. The van der Waals surface area contributed by atoms with Crippen molar-refractivity contribution in [2.24, 2.45) is 11.7 Å². The van der Waals surface area contributed by atoms with Gasteiger partial charge in [-0.05, 0) is 83.9 Å². The third kappa shape index (κ3) is 12.4. The predicted molar refractivity (Wildman–Crippen MR) is 211 cm³/mol. The molecule has 2 aliphatic rings. The second kappa shape index (κ2) is 20.3. The molecular formula is C42H58F2N6O8. The lowest BCUT2D eigenvalue weighted by atomic mass is 9.82. The first-order chi connectivity index (χ1) is 27.3. The molecule has 2 aromatic carbocycles. The SMILES string of the molecule is CCCC(NC(=O)[C@@H]1C[C@@H](OC(C)(C)C)CN1C(O)[C@@H](NC(=O)c1c(F)cccc1F)C1CCCCC1)C(=O)C(=O)NCC(=O)NC(C(N)=O)c1cc(C)cc(C)c1. The van der Waals surface area contributed by atoms with Crippen LogP contribution in [0.2, 0.25) is 0 Å². The number of halogens is 2. The Hall–Kier alpha value is -4.80. The number of rotatable bonds is 17. The molecule has 1 saturated heterocycles. The van der Waals surface area contributed by atoms with Gasteiger partial charge in [0.1, 0.15) is 29.5 Å². The molecule has 1 heterocycles. The summed E-state index contributed by atoms with van der Waals surface area (Å²) in [4.78, 5) is 80.7. The van der Waals surface area contributed by atoms with Crippen LogP contribution in [0.1, 0.15) is 112 Å². The molecule has 0 spiro atoms. The quantitative estimate of drug-likeness (QED) is 0.130. The van der Waals surface area contributed by atoms with E-state index in [1.54, 1.807) is 19.1 Å². The zero-order valence-corrected chi connectivity index (χ0v) is 34.2. The number of hydrogen-bond acceptors (Lipinski definition) is 9. The average molecular weight is 813 g/mol. The van der Waals surface area contributed by atoms with Crippen molar-refractivity contribution in [3.63, 3.8) is 0 Å². The van der Waals surface area contributed by atoms with Crippen LogP contribution in [0.5, 0.6) is 0 Å². The van der Waals surface area contributed by atoms with E-state index in [1.807, 2.05) is 40.7 Å².